The molecule has 0 saturated carbocycles. The van der Waals surface area contributed by atoms with Crippen LogP contribution >= 0.6 is 12.4 Å². The number of rotatable bonds is 4. The van der Waals surface area contributed by atoms with Crippen LogP contribution in [-0.4, -0.2) is 72.5 Å². The molecule has 16 heavy (non-hydrogen) atoms. The molecule has 3 aliphatic rings. The number of aliphatic hydroxyl groups excluding tert-OH is 1. The van der Waals surface area contributed by atoms with Crippen LogP contribution in [0.3, 0.4) is 0 Å². The molecule has 0 amide bonds. The van der Waals surface area contributed by atoms with E-state index in [0.29, 0.717) is 6.61 Å². The van der Waals surface area contributed by atoms with Crippen molar-refractivity contribution in [1.29, 1.82) is 0 Å². The van der Waals surface area contributed by atoms with Gasteiger partial charge in [0, 0.05) is 13.0 Å². The summed E-state index contributed by atoms with van der Waals surface area (Å²) in [6.07, 6.45) is 0.988. The summed E-state index contributed by atoms with van der Waals surface area (Å²) in [5.41, 5.74) is 0. The second-order valence-electron chi connectivity index (χ2n) is 5.80. The highest BCUT2D eigenvalue weighted by molar-refractivity contribution is 5.85. The number of piperazine rings is 3. The third kappa shape index (κ3) is 2.37. The number of fused-ring (bicyclic) bond motifs is 3. The molecular formula is C12H27ClN2O+2. The molecule has 3 saturated heterocycles. The normalized spacial score (nSPS) is 37.5. The predicted molar refractivity (Wildman–Crippen MR) is 68.7 cm³/mol. The minimum atomic E-state index is 0. The van der Waals surface area contributed by atoms with Gasteiger partial charge in [-0.25, -0.2) is 0 Å². The molecule has 0 atom stereocenters. The van der Waals surface area contributed by atoms with Crippen molar-refractivity contribution in [3.63, 3.8) is 0 Å². The monoisotopic (exact) mass is 250 g/mol. The van der Waals surface area contributed by atoms with Crippen molar-refractivity contribution in [3.05, 3.63) is 0 Å². The molecule has 0 spiro atoms. The largest absolute Gasteiger partial charge is 0.396 e. The third-order valence-corrected chi connectivity index (χ3v) is 4.95. The smallest absolute Gasteiger partial charge is 0.129 e. The standard InChI is InChI=1S/C12H26N2O.ClH/c1-12(2)14-8-5-13(6-9-14,7-10-14)4-3-11-15;/h12,15H,3-11H2,1-2H3;1H/q+2;. The second-order valence-corrected chi connectivity index (χ2v) is 5.80. The van der Waals surface area contributed by atoms with Gasteiger partial charge < -0.3 is 14.1 Å². The summed E-state index contributed by atoms with van der Waals surface area (Å²) >= 11 is 0. The molecule has 0 aliphatic carbocycles. The lowest BCUT2D eigenvalue weighted by molar-refractivity contribution is -1.09. The van der Waals surface area contributed by atoms with Gasteiger partial charge in [0.15, 0.2) is 0 Å². The number of aliphatic hydroxyl groups is 1. The van der Waals surface area contributed by atoms with Gasteiger partial charge in [-0.2, -0.15) is 0 Å². The van der Waals surface area contributed by atoms with Crippen LogP contribution in [0.4, 0.5) is 0 Å². The van der Waals surface area contributed by atoms with Crippen LogP contribution in [0.15, 0.2) is 0 Å². The van der Waals surface area contributed by atoms with Gasteiger partial charge in [0.25, 0.3) is 0 Å². The van der Waals surface area contributed by atoms with Gasteiger partial charge in [0.1, 0.15) is 39.3 Å². The Labute approximate surface area is 106 Å². The lowest BCUT2D eigenvalue weighted by atomic mass is 10.0. The number of halogens is 1. The molecule has 96 valence electrons. The Morgan fingerprint density at radius 1 is 1.00 bits per heavy atom. The van der Waals surface area contributed by atoms with Crippen LogP contribution in [0.1, 0.15) is 20.3 Å². The van der Waals surface area contributed by atoms with Gasteiger partial charge in [-0.15, -0.1) is 12.4 Å². The molecule has 0 radical (unpaired) electrons. The fourth-order valence-electron chi connectivity index (χ4n) is 3.42. The van der Waals surface area contributed by atoms with Gasteiger partial charge in [-0.3, -0.25) is 0 Å². The molecule has 3 fully saturated rings. The van der Waals surface area contributed by atoms with Crippen LogP contribution in [0, 0.1) is 0 Å². The second kappa shape index (κ2) is 5.21. The van der Waals surface area contributed by atoms with Crippen LogP contribution in [0.5, 0.6) is 0 Å². The zero-order valence-electron chi connectivity index (χ0n) is 10.7. The molecule has 0 unspecified atom stereocenters. The van der Waals surface area contributed by atoms with Crippen molar-refractivity contribution in [2.75, 3.05) is 52.4 Å². The lowest BCUT2D eigenvalue weighted by Crippen LogP contribution is -2.76. The highest BCUT2D eigenvalue weighted by Gasteiger charge is 2.49. The fraction of sp³-hybridized carbons (Fsp3) is 1.00. The molecule has 3 nitrogen and oxygen atoms in total. The lowest BCUT2D eigenvalue weighted by Gasteiger charge is -2.57. The van der Waals surface area contributed by atoms with Crippen molar-refractivity contribution in [2.24, 2.45) is 0 Å². The first-order valence-electron chi connectivity index (χ1n) is 6.44. The Kier molecular flexibility index (Phi) is 4.64. The molecule has 4 heteroatoms. The van der Waals surface area contributed by atoms with Gasteiger partial charge in [0.05, 0.1) is 12.6 Å². The Morgan fingerprint density at radius 3 is 1.88 bits per heavy atom. The van der Waals surface area contributed by atoms with E-state index < -0.39 is 0 Å². The summed E-state index contributed by atoms with van der Waals surface area (Å²) in [5, 5.41) is 8.94. The molecule has 2 bridgehead atoms. The zero-order valence-corrected chi connectivity index (χ0v) is 11.5. The fourth-order valence-corrected chi connectivity index (χ4v) is 3.42. The van der Waals surface area contributed by atoms with E-state index >= 15 is 0 Å². The highest BCUT2D eigenvalue weighted by Crippen LogP contribution is 2.29. The third-order valence-electron chi connectivity index (χ3n) is 4.95. The van der Waals surface area contributed by atoms with Crippen molar-refractivity contribution in [2.45, 2.75) is 26.3 Å². The van der Waals surface area contributed by atoms with E-state index in [-0.39, 0.29) is 12.4 Å². The first kappa shape index (κ1) is 14.2. The topological polar surface area (TPSA) is 20.2 Å². The summed E-state index contributed by atoms with van der Waals surface area (Å²) in [6.45, 7) is 14.4. The van der Waals surface area contributed by atoms with Crippen LogP contribution in [0.25, 0.3) is 0 Å². The number of hydrogen-bond acceptors (Lipinski definition) is 1. The number of hydrogen-bond donors (Lipinski definition) is 1. The number of quaternary nitrogens is 2. The van der Waals surface area contributed by atoms with Crippen LogP contribution in [-0.2, 0) is 0 Å². The molecule has 3 rings (SSSR count). The average Bonchev–Trinajstić information content (AvgIpc) is 2.29. The quantitative estimate of drug-likeness (QED) is 0.734. The first-order chi connectivity index (χ1) is 7.13. The summed E-state index contributed by atoms with van der Waals surface area (Å²) in [4.78, 5) is 0. The first-order valence-corrected chi connectivity index (χ1v) is 6.44. The maximum atomic E-state index is 8.94. The SMILES string of the molecule is CC(C)[N+]12CC[N+](CCCO)(CC1)CC2.Cl. The Hall–Kier alpha value is 0.170. The molecule has 3 heterocycles. The Balaban J connectivity index is 0.00000128. The Morgan fingerprint density at radius 2 is 1.50 bits per heavy atom. The van der Waals surface area contributed by atoms with Crippen molar-refractivity contribution < 1.29 is 14.1 Å². The average molecular weight is 251 g/mol. The predicted octanol–water partition coefficient (Wildman–Crippen LogP) is 0.860. The van der Waals surface area contributed by atoms with Crippen molar-refractivity contribution in [3.8, 4) is 0 Å². The van der Waals surface area contributed by atoms with E-state index in [1.54, 1.807) is 0 Å². The van der Waals surface area contributed by atoms with Crippen LogP contribution in [0.2, 0.25) is 0 Å². The van der Waals surface area contributed by atoms with Gasteiger partial charge >= 0.3 is 0 Å². The molecule has 0 aromatic carbocycles. The molecule has 1 N–H and O–H groups in total. The summed E-state index contributed by atoms with van der Waals surface area (Å²) < 4.78 is 2.66. The van der Waals surface area contributed by atoms with E-state index in [1.165, 1.54) is 54.8 Å². The van der Waals surface area contributed by atoms with Gasteiger partial charge in [-0.05, 0) is 13.8 Å². The minimum absolute atomic E-state index is 0. The van der Waals surface area contributed by atoms with Gasteiger partial charge in [-0.1, -0.05) is 0 Å². The van der Waals surface area contributed by atoms with Crippen molar-refractivity contribution >= 4 is 12.4 Å². The Bertz CT molecular complexity index is 209. The summed E-state index contributed by atoms with van der Waals surface area (Å²) in [6, 6.07) is 0.797. The summed E-state index contributed by atoms with van der Waals surface area (Å²) in [5.74, 6) is 0. The zero-order chi connectivity index (χ0) is 10.9. The molecule has 0 aromatic heterocycles. The van der Waals surface area contributed by atoms with Crippen LogP contribution < -0.4 is 0 Å². The molecule has 0 aromatic rings. The van der Waals surface area contributed by atoms with E-state index in [2.05, 4.69) is 13.8 Å². The van der Waals surface area contributed by atoms with E-state index in [1.807, 2.05) is 0 Å². The maximum Gasteiger partial charge on any atom is 0.129 e. The highest BCUT2D eigenvalue weighted by atomic mass is 35.5. The van der Waals surface area contributed by atoms with E-state index in [4.69, 9.17) is 5.11 Å². The van der Waals surface area contributed by atoms with E-state index in [9.17, 15) is 0 Å². The van der Waals surface area contributed by atoms with Gasteiger partial charge in [0.2, 0.25) is 0 Å². The minimum Gasteiger partial charge on any atom is -0.396 e. The maximum absolute atomic E-state index is 8.94. The van der Waals surface area contributed by atoms with Crippen molar-refractivity contribution in [1.82, 2.24) is 0 Å². The summed E-state index contributed by atoms with van der Waals surface area (Å²) in [7, 11) is 0. The number of nitrogens with zero attached hydrogens (tertiary/aromatic N) is 2. The van der Waals surface area contributed by atoms with E-state index in [0.717, 1.165) is 12.5 Å². The molecule has 3 aliphatic heterocycles. The molecular weight excluding hydrogens is 224 g/mol.